The fraction of sp³-hybridized carbons (Fsp3) is 0.118. The summed E-state index contributed by atoms with van der Waals surface area (Å²) in [4.78, 5) is 12.4. The molecule has 0 aliphatic carbocycles. The summed E-state index contributed by atoms with van der Waals surface area (Å²) in [6, 6.07) is 18.2. The predicted molar refractivity (Wildman–Crippen MR) is 75.9 cm³/mol. The molecule has 2 aromatic rings. The Morgan fingerprint density at radius 3 is 2.05 bits per heavy atom. The number of aliphatic hydroxyl groups is 1. The molecule has 0 fully saturated rings. The van der Waals surface area contributed by atoms with Crippen LogP contribution < -0.4 is 0 Å². The van der Waals surface area contributed by atoms with Crippen LogP contribution in [0.2, 0.25) is 0 Å². The van der Waals surface area contributed by atoms with Gasteiger partial charge in [0.2, 0.25) is 0 Å². The summed E-state index contributed by atoms with van der Waals surface area (Å²) >= 11 is 0. The van der Waals surface area contributed by atoms with E-state index in [4.69, 9.17) is 0 Å². The Balaban J connectivity index is 2.29. The van der Waals surface area contributed by atoms with Gasteiger partial charge in [0.05, 0.1) is 0 Å². The molecule has 2 aromatic carbocycles. The highest BCUT2D eigenvalue weighted by atomic mass is 16.3. The van der Waals surface area contributed by atoms with Crippen molar-refractivity contribution in [1.29, 1.82) is 0 Å². The molecular weight excluding hydrogens is 236 g/mol. The second-order valence-corrected chi connectivity index (χ2v) is 4.25. The molecule has 0 heterocycles. The number of carbonyl (C=O) groups is 1. The van der Waals surface area contributed by atoms with Crippen LogP contribution in [0.4, 0.5) is 0 Å². The number of hydrogen-bond acceptors (Lipinski definition) is 2. The smallest absolute Gasteiger partial charge is 0.191 e. The number of carbonyl (C=O) groups excluding carboxylic acids is 1. The van der Waals surface area contributed by atoms with Crippen molar-refractivity contribution in [2.24, 2.45) is 0 Å². The molecule has 0 saturated heterocycles. The Labute approximate surface area is 113 Å². The zero-order valence-electron chi connectivity index (χ0n) is 10.8. The average Bonchev–Trinajstić information content (AvgIpc) is 2.49. The van der Waals surface area contributed by atoms with Crippen molar-refractivity contribution in [3.8, 4) is 0 Å². The molecule has 2 rings (SSSR count). The maximum atomic E-state index is 12.4. The van der Waals surface area contributed by atoms with Gasteiger partial charge in [0.25, 0.3) is 0 Å². The van der Waals surface area contributed by atoms with Gasteiger partial charge in [-0.2, -0.15) is 0 Å². The van der Waals surface area contributed by atoms with Crippen molar-refractivity contribution >= 4 is 5.78 Å². The first kappa shape index (κ1) is 13.2. The fourth-order valence-corrected chi connectivity index (χ4v) is 1.98. The summed E-state index contributed by atoms with van der Waals surface area (Å²) < 4.78 is 0. The molecule has 2 nitrogen and oxygen atoms in total. The van der Waals surface area contributed by atoms with Crippen molar-refractivity contribution in [3.63, 3.8) is 0 Å². The van der Waals surface area contributed by atoms with E-state index in [0.29, 0.717) is 11.1 Å². The molecule has 0 aliphatic rings. The van der Waals surface area contributed by atoms with Crippen LogP contribution in [0.25, 0.3) is 0 Å². The normalized spacial score (nSPS) is 13.1. The molecule has 1 N–H and O–H groups in total. The summed E-state index contributed by atoms with van der Waals surface area (Å²) in [6.07, 6.45) is 0.784. The van der Waals surface area contributed by atoms with Gasteiger partial charge in [0.15, 0.2) is 5.78 Å². The standard InChI is InChI=1S/C17H16O2/c1-2-15(16(18)13-9-5-3-6-10-13)17(19)14-11-7-4-8-12-14/h2-12,16,18H,1H3/b15-2-. The molecule has 0 saturated carbocycles. The molecular formula is C17H16O2. The molecule has 96 valence electrons. The molecule has 2 heteroatoms. The number of benzene rings is 2. The first-order chi connectivity index (χ1) is 9.24. The largest absolute Gasteiger partial charge is 0.384 e. The Hall–Kier alpha value is -2.19. The van der Waals surface area contributed by atoms with Crippen molar-refractivity contribution in [2.75, 3.05) is 0 Å². The minimum absolute atomic E-state index is 0.139. The van der Waals surface area contributed by atoms with Crippen LogP contribution in [0, 0.1) is 0 Å². The van der Waals surface area contributed by atoms with Crippen LogP contribution in [-0.2, 0) is 0 Å². The first-order valence-corrected chi connectivity index (χ1v) is 6.23. The number of ketones is 1. The third kappa shape index (κ3) is 2.98. The SMILES string of the molecule is C/C=C(\C(=O)c1ccccc1)C(O)c1ccccc1. The number of hydrogen-bond donors (Lipinski definition) is 1. The van der Waals surface area contributed by atoms with Crippen molar-refractivity contribution < 1.29 is 9.90 Å². The zero-order valence-corrected chi connectivity index (χ0v) is 10.8. The van der Waals surface area contributed by atoms with Crippen LogP contribution in [0.5, 0.6) is 0 Å². The summed E-state index contributed by atoms with van der Waals surface area (Å²) in [6.45, 7) is 1.77. The lowest BCUT2D eigenvalue weighted by Gasteiger charge is -2.14. The van der Waals surface area contributed by atoms with Gasteiger partial charge in [-0.1, -0.05) is 66.7 Å². The maximum absolute atomic E-state index is 12.4. The van der Waals surface area contributed by atoms with Crippen LogP contribution >= 0.6 is 0 Å². The average molecular weight is 252 g/mol. The van der Waals surface area contributed by atoms with Gasteiger partial charge < -0.3 is 5.11 Å². The van der Waals surface area contributed by atoms with E-state index in [1.165, 1.54) is 0 Å². The van der Waals surface area contributed by atoms with Crippen molar-refractivity contribution in [2.45, 2.75) is 13.0 Å². The van der Waals surface area contributed by atoms with Gasteiger partial charge in [-0.15, -0.1) is 0 Å². The highest BCUT2D eigenvalue weighted by molar-refractivity contribution is 6.09. The predicted octanol–water partition coefficient (Wildman–Crippen LogP) is 3.55. The number of Topliss-reactive ketones (excluding diaryl/α,β-unsaturated/α-hetero) is 1. The monoisotopic (exact) mass is 252 g/mol. The van der Waals surface area contributed by atoms with Crippen molar-refractivity contribution in [1.82, 2.24) is 0 Å². The van der Waals surface area contributed by atoms with E-state index in [1.54, 1.807) is 25.1 Å². The summed E-state index contributed by atoms with van der Waals surface area (Å²) in [5.74, 6) is -0.139. The van der Waals surface area contributed by atoms with E-state index in [2.05, 4.69) is 0 Å². The second-order valence-electron chi connectivity index (χ2n) is 4.25. The lowest BCUT2D eigenvalue weighted by atomic mass is 9.94. The lowest BCUT2D eigenvalue weighted by Crippen LogP contribution is -2.11. The molecule has 1 atom stereocenters. The quantitative estimate of drug-likeness (QED) is 0.667. The Kier molecular flexibility index (Phi) is 4.26. The van der Waals surface area contributed by atoms with E-state index in [1.807, 2.05) is 48.5 Å². The molecule has 0 aromatic heterocycles. The molecule has 0 radical (unpaired) electrons. The zero-order chi connectivity index (χ0) is 13.7. The van der Waals surface area contributed by atoms with Gasteiger partial charge in [0.1, 0.15) is 6.10 Å². The topological polar surface area (TPSA) is 37.3 Å². The van der Waals surface area contributed by atoms with Gasteiger partial charge in [-0.25, -0.2) is 0 Å². The third-order valence-electron chi connectivity index (χ3n) is 3.02. The van der Waals surface area contributed by atoms with Crippen LogP contribution in [0.3, 0.4) is 0 Å². The van der Waals surface area contributed by atoms with Crippen molar-refractivity contribution in [3.05, 3.63) is 83.4 Å². The maximum Gasteiger partial charge on any atom is 0.191 e. The lowest BCUT2D eigenvalue weighted by molar-refractivity contribution is 0.0987. The van der Waals surface area contributed by atoms with E-state index >= 15 is 0 Å². The second kappa shape index (κ2) is 6.12. The fourth-order valence-electron chi connectivity index (χ4n) is 1.98. The minimum Gasteiger partial charge on any atom is -0.384 e. The highest BCUT2D eigenvalue weighted by Crippen LogP contribution is 2.24. The van der Waals surface area contributed by atoms with E-state index in [-0.39, 0.29) is 5.78 Å². The van der Waals surface area contributed by atoms with Gasteiger partial charge in [-0.05, 0) is 12.5 Å². The first-order valence-electron chi connectivity index (χ1n) is 6.23. The summed E-state index contributed by atoms with van der Waals surface area (Å²) in [5, 5.41) is 10.3. The van der Waals surface area contributed by atoms with Crippen LogP contribution in [0.1, 0.15) is 28.9 Å². The Bertz CT molecular complexity index is 571. The van der Waals surface area contributed by atoms with Gasteiger partial charge in [0, 0.05) is 11.1 Å². The van der Waals surface area contributed by atoms with Gasteiger partial charge in [-0.3, -0.25) is 4.79 Å². The number of rotatable bonds is 4. The number of allylic oxidation sites excluding steroid dienone is 1. The Morgan fingerprint density at radius 1 is 1.00 bits per heavy atom. The molecule has 1 unspecified atom stereocenters. The number of aliphatic hydroxyl groups excluding tert-OH is 1. The molecule has 0 amide bonds. The molecule has 0 aliphatic heterocycles. The van der Waals surface area contributed by atoms with E-state index in [9.17, 15) is 9.90 Å². The summed E-state index contributed by atoms with van der Waals surface area (Å²) in [7, 11) is 0. The molecule has 0 bridgehead atoms. The highest BCUT2D eigenvalue weighted by Gasteiger charge is 2.20. The molecule has 19 heavy (non-hydrogen) atoms. The van der Waals surface area contributed by atoms with Gasteiger partial charge >= 0.3 is 0 Å². The van der Waals surface area contributed by atoms with Crippen LogP contribution in [-0.4, -0.2) is 10.9 Å². The van der Waals surface area contributed by atoms with E-state index in [0.717, 1.165) is 5.56 Å². The molecule has 0 spiro atoms. The Morgan fingerprint density at radius 2 is 1.53 bits per heavy atom. The minimum atomic E-state index is -0.890. The third-order valence-corrected chi connectivity index (χ3v) is 3.02. The van der Waals surface area contributed by atoms with E-state index < -0.39 is 6.10 Å². The van der Waals surface area contributed by atoms with Crippen LogP contribution in [0.15, 0.2) is 72.3 Å². The summed E-state index contributed by atoms with van der Waals surface area (Å²) in [5.41, 5.74) is 1.71.